The maximum Gasteiger partial charge on any atom is 0.248 e. The van der Waals surface area contributed by atoms with Crippen LogP contribution in [-0.2, 0) is 21.3 Å². The largest absolute Gasteiger partial charge is 0.383 e. The number of rotatable bonds is 7. The molecule has 6 nitrogen and oxygen atoms in total. The molecular weight excluding hydrogens is 360 g/mol. The molecule has 3 aromatic rings. The molecule has 8 heteroatoms. The van der Waals surface area contributed by atoms with Gasteiger partial charge in [0.1, 0.15) is 0 Å². The molecule has 0 amide bonds. The lowest BCUT2D eigenvalue weighted by Gasteiger charge is -2.21. The summed E-state index contributed by atoms with van der Waals surface area (Å²) in [7, 11) is -2.14. The van der Waals surface area contributed by atoms with Crippen LogP contribution in [0, 0.1) is 0 Å². The predicted octanol–water partition coefficient (Wildman–Crippen LogP) is 2.43. The van der Waals surface area contributed by atoms with E-state index in [-0.39, 0.29) is 17.0 Å². The van der Waals surface area contributed by atoms with Crippen molar-refractivity contribution < 1.29 is 13.2 Å². The summed E-state index contributed by atoms with van der Waals surface area (Å²) >= 11 is 1.51. The van der Waals surface area contributed by atoms with Gasteiger partial charge in [-0.1, -0.05) is 6.07 Å². The Labute approximate surface area is 149 Å². The monoisotopic (exact) mass is 378 g/mol. The van der Waals surface area contributed by atoms with Gasteiger partial charge in [-0.15, -0.1) is 11.3 Å². The van der Waals surface area contributed by atoms with Crippen LogP contribution in [-0.4, -0.2) is 38.0 Å². The van der Waals surface area contributed by atoms with Crippen molar-refractivity contribution in [1.29, 1.82) is 0 Å². The third kappa shape index (κ3) is 3.98. The minimum Gasteiger partial charge on any atom is -0.383 e. The lowest BCUT2D eigenvalue weighted by atomic mass is 10.2. The van der Waals surface area contributed by atoms with Crippen molar-refractivity contribution in [1.82, 2.24) is 9.29 Å². The first kappa shape index (κ1) is 17.8. The summed E-state index contributed by atoms with van der Waals surface area (Å²) in [4.78, 5) is 15.2. The topological polar surface area (TPSA) is 79.5 Å². The van der Waals surface area contributed by atoms with Crippen LogP contribution >= 0.6 is 11.3 Å². The zero-order valence-corrected chi connectivity index (χ0v) is 15.3. The highest BCUT2D eigenvalue weighted by Gasteiger charge is 2.25. The first-order chi connectivity index (χ1) is 12.0. The fourth-order valence-corrected chi connectivity index (χ4v) is 4.73. The third-order valence-electron chi connectivity index (χ3n) is 3.79. The van der Waals surface area contributed by atoms with Crippen LogP contribution in [0.25, 0.3) is 10.9 Å². The van der Waals surface area contributed by atoms with E-state index >= 15 is 0 Å². The van der Waals surface area contributed by atoms with Crippen molar-refractivity contribution in [2.75, 3.05) is 20.3 Å². The Bertz CT molecular complexity index is 1010. The molecule has 1 N–H and O–H groups in total. The molecule has 0 saturated carbocycles. The van der Waals surface area contributed by atoms with E-state index < -0.39 is 10.0 Å². The molecule has 0 bridgehead atoms. The quantitative estimate of drug-likeness (QED) is 0.685. The molecule has 0 aliphatic rings. The van der Waals surface area contributed by atoms with Gasteiger partial charge < -0.3 is 9.72 Å². The number of sulfonamides is 1. The van der Waals surface area contributed by atoms with Gasteiger partial charge >= 0.3 is 0 Å². The number of thiophene rings is 1. The van der Waals surface area contributed by atoms with Gasteiger partial charge in [0, 0.05) is 36.7 Å². The van der Waals surface area contributed by atoms with Gasteiger partial charge in [0.05, 0.1) is 11.5 Å². The van der Waals surface area contributed by atoms with Crippen LogP contribution in [0.3, 0.4) is 0 Å². The highest BCUT2D eigenvalue weighted by molar-refractivity contribution is 7.89. The summed E-state index contributed by atoms with van der Waals surface area (Å²) in [5, 5.41) is 2.59. The number of aromatic amines is 1. The Morgan fingerprint density at radius 3 is 2.76 bits per heavy atom. The summed E-state index contributed by atoms with van der Waals surface area (Å²) in [5.74, 6) is 0. The lowest BCUT2D eigenvalue weighted by Crippen LogP contribution is -2.33. The molecule has 2 heterocycles. The molecule has 0 aliphatic carbocycles. The molecule has 0 atom stereocenters. The molecular formula is C17H18N2O4S2. The second-order valence-electron chi connectivity index (χ2n) is 5.48. The average Bonchev–Trinajstić information content (AvgIpc) is 3.11. The normalized spacial score (nSPS) is 12.1. The highest BCUT2D eigenvalue weighted by Crippen LogP contribution is 2.23. The van der Waals surface area contributed by atoms with E-state index in [0.29, 0.717) is 24.1 Å². The first-order valence-electron chi connectivity index (χ1n) is 7.65. The number of hydrogen-bond donors (Lipinski definition) is 1. The van der Waals surface area contributed by atoms with Crippen molar-refractivity contribution in [2.45, 2.75) is 11.4 Å². The Balaban J connectivity index is 1.98. The van der Waals surface area contributed by atoms with E-state index in [1.807, 2.05) is 17.5 Å². The second kappa shape index (κ2) is 7.49. The van der Waals surface area contributed by atoms with Gasteiger partial charge in [-0.05, 0) is 41.1 Å². The lowest BCUT2D eigenvalue weighted by molar-refractivity contribution is 0.177. The molecule has 3 rings (SSSR count). The smallest absolute Gasteiger partial charge is 0.248 e. The van der Waals surface area contributed by atoms with Gasteiger partial charge in [-0.2, -0.15) is 4.31 Å². The molecule has 0 radical (unpaired) electrons. The molecule has 0 unspecified atom stereocenters. The van der Waals surface area contributed by atoms with E-state index in [2.05, 4.69) is 4.98 Å². The van der Waals surface area contributed by atoms with Crippen LogP contribution in [0.5, 0.6) is 0 Å². The summed E-state index contributed by atoms with van der Waals surface area (Å²) < 4.78 is 32.6. The fourth-order valence-electron chi connectivity index (χ4n) is 2.50. The minimum atomic E-state index is -3.68. The highest BCUT2D eigenvalue weighted by atomic mass is 32.2. The fraction of sp³-hybridized carbons (Fsp3) is 0.235. The molecule has 2 aromatic heterocycles. The first-order valence-corrected chi connectivity index (χ1v) is 9.97. The zero-order chi connectivity index (χ0) is 17.9. The Morgan fingerprint density at radius 1 is 1.20 bits per heavy atom. The van der Waals surface area contributed by atoms with Crippen molar-refractivity contribution in [3.63, 3.8) is 0 Å². The van der Waals surface area contributed by atoms with Gasteiger partial charge in [0.25, 0.3) is 0 Å². The van der Waals surface area contributed by atoms with E-state index in [4.69, 9.17) is 4.74 Å². The number of hydrogen-bond acceptors (Lipinski definition) is 5. The molecule has 0 aliphatic heterocycles. The summed E-state index contributed by atoms with van der Waals surface area (Å²) in [6.07, 6.45) is 0. The molecule has 25 heavy (non-hydrogen) atoms. The van der Waals surface area contributed by atoms with Crippen LogP contribution in [0.15, 0.2) is 57.5 Å². The van der Waals surface area contributed by atoms with E-state index in [9.17, 15) is 13.2 Å². The number of nitrogens with one attached hydrogen (secondary N) is 1. The number of methoxy groups -OCH3 is 1. The second-order valence-corrected chi connectivity index (χ2v) is 8.45. The van der Waals surface area contributed by atoms with E-state index in [0.717, 1.165) is 4.88 Å². The van der Waals surface area contributed by atoms with Crippen LogP contribution in [0.4, 0.5) is 0 Å². The molecule has 1 aromatic carbocycles. The average molecular weight is 378 g/mol. The van der Waals surface area contributed by atoms with Gasteiger partial charge in [0.2, 0.25) is 15.6 Å². The van der Waals surface area contributed by atoms with E-state index in [1.54, 1.807) is 25.3 Å². The predicted molar refractivity (Wildman–Crippen MR) is 98.4 cm³/mol. The van der Waals surface area contributed by atoms with Crippen molar-refractivity contribution in [3.05, 3.63) is 63.1 Å². The SMILES string of the molecule is COCCN(Cc1cccs1)S(=O)(=O)c1ccc2[nH]c(=O)ccc2c1. The molecule has 0 spiro atoms. The number of ether oxygens (including phenoxy) is 1. The zero-order valence-electron chi connectivity index (χ0n) is 13.6. The van der Waals surface area contributed by atoms with E-state index in [1.165, 1.54) is 27.8 Å². The number of fused-ring (bicyclic) bond motifs is 1. The third-order valence-corrected chi connectivity index (χ3v) is 6.49. The van der Waals surface area contributed by atoms with Crippen LogP contribution in [0.1, 0.15) is 4.88 Å². The van der Waals surface area contributed by atoms with Crippen LogP contribution in [0.2, 0.25) is 0 Å². The summed E-state index contributed by atoms with van der Waals surface area (Å²) in [5.41, 5.74) is 0.385. The number of nitrogens with zero attached hydrogens (tertiary/aromatic N) is 1. The van der Waals surface area contributed by atoms with Gasteiger partial charge in [0.15, 0.2) is 0 Å². The molecule has 0 fully saturated rings. The van der Waals surface area contributed by atoms with Crippen molar-refractivity contribution >= 4 is 32.3 Å². The summed E-state index contributed by atoms with van der Waals surface area (Å²) in [6.45, 7) is 0.874. The minimum absolute atomic E-state index is 0.194. The van der Waals surface area contributed by atoms with Crippen LogP contribution < -0.4 is 5.56 Å². The van der Waals surface area contributed by atoms with Gasteiger partial charge in [-0.25, -0.2) is 8.42 Å². The van der Waals surface area contributed by atoms with Crippen molar-refractivity contribution in [2.24, 2.45) is 0 Å². The standard InChI is InChI=1S/C17H18N2O4S2/c1-23-9-8-19(12-14-3-2-10-24-14)25(21,22)15-5-6-16-13(11-15)4-7-17(20)18-16/h2-7,10-11H,8-9,12H2,1H3,(H,18,20). The molecule has 0 saturated heterocycles. The Kier molecular flexibility index (Phi) is 5.33. The maximum absolute atomic E-state index is 13.1. The number of pyridine rings is 1. The van der Waals surface area contributed by atoms with Gasteiger partial charge in [-0.3, -0.25) is 4.79 Å². The summed E-state index contributed by atoms with van der Waals surface area (Å²) in [6, 6.07) is 11.5. The Morgan fingerprint density at radius 2 is 2.04 bits per heavy atom. The Hall–Kier alpha value is -2.00. The molecule has 132 valence electrons. The number of benzene rings is 1. The van der Waals surface area contributed by atoms with Crippen molar-refractivity contribution in [3.8, 4) is 0 Å². The maximum atomic E-state index is 13.1. The number of aromatic nitrogens is 1. The number of H-pyrrole nitrogens is 1.